The van der Waals surface area contributed by atoms with E-state index in [-0.39, 0.29) is 5.54 Å². The Balaban J connectivity index is 1.82. The highest BCUT2D eigenvalue weighted by Crippen LogP contribution is 2.24. The Kier molecular flexibility index (Phi) is 6.22. The molecule has 21 heavy (non-hydrogen) atoms. The van der Waals surface area contributed by atoms with Gasteiger partial charge in [-0.05, 0) is 52.3 Å². The Bertz CT molecular complexity index is 391. The molecule has 1 fully saturated rings. The molecule has 0 saturated carbocycles. The Morgan fingerprint density at radius 1 is 1.05 bits per heavy atom. The van der Waals surface area contributed by atoms with Crippen LogP contribution in [0.2, 0.25) is 0 Å². The first-order valence-electron chi connectivity index (χ1n) is 8.31. The summed E-state index contributed by atoms with van der Waals surface area (Å²) in [6, 6.07) is 11.4. The first kappa shape index (κ1) is 16.5. The van der Waals surface area contributed by atoms with Gasteiger partial charge in [-0.15, -0.1) is 0 Å². The van der Waals surface area contributed by atoms with Crippen molar-refractivity contribution in [3.63, 3.8) is 0 Å². The fourth-order valence-electron chi connectivity index (χ4n) is 2.95. The van der Waals surface area contributed by atoms with E-state index in [0.29, 0.717) is 6.04 Å². The van der Waals surface area contributed by atoms with Crippen LogP contribution < -0.4 is 10.6 Å². The first-order chi connectivity index (χ1) is 10.1. The second kappa shape index (κ2) is 7.92. The predicted molar refractivity (Wildman–Crippen MR) is 90.6 cm³/mol. The van der Waals surface area contributed by atoms with Crippen molar-refractivity contribution in [2.75, 3.05) is 32.7 Å². The molecule has 2 N–H and O–H groups in total. The van der Waals surface area contributed by atoms with E-state index in [4.69, 9.17) is 0 Å². The molecule has 0 spiro atoms. The van der Waals surface area contributed by atoms with Gasteiger partial charge >= 0.3 is 0 Å². The molecule has 2 rings (SSSR count). The third-order valence-electron chi connectivity index (χ3n) is 4.06. The van der Waals surface area contributed by atoms with Crippen molar-refractivity contribution in [3.8, 4) is 0 Å². The Labute approximate surface area is 130 Å². The van der Waals surface area contributed by atoms with Gasteiger partial charge in [-0.25, -0.2) is 0 Å². The summed E-state index contributed by atoms with van der Waals surface area (Å²) in [5, 5.41) is 7.16. The van der Waals surface area contributed by atoms with Crippen LogP contribution in [0, 0.1) is 0 Å². The van der Waals surface area contributed by atoms with E-state index < -0.39 is 0 Å². The van der Waals surface area contributed by atoms with Crippen molar-refractivity contribution in [2.24, 2.45) is 0 Å². The Morgan fingerprint density at radius 2 is 1.71 bits per heavy atom. The monoisotopic (exact) mass is 289 g/mol. The molecular formula is C18H31N3. The summed E-state index contributed by atoms with van der Waals surface area (Å²) in [4.78, 5) is 2.62. The standard InChI is InChI=1S/C18H31N3/c1-18(2,3)20-12-11-19-15-17(21-13-7-8-14-21)16-9-5-4-6-10-16/h4-6,9-10,17,19-20H,7-8,11-15H2,1-3H3. The van der Waals surface area contributed by atoms with E-state index in [1.807, 2.05) is 0 Å². The van der Waals surface area contributed by atoms with Gasteiger partial charge in [0.1, 0.15) is 0 Å². The van der Waals surface area contributed by atoms with Crippen LogP contribution in [0.5, 0.6) is 0 Å². The van der Waals surface area contributed by atoms with Gasteiger partial charge in [0.25, 0.3) is 0 Å². The largest absolute Gasteiger partial charge is 0.314 e. The lowest BCUT2D eigenvalue weighted by Gasteiger charge is -2.28. The lowest BCUT2D eigenvalue weighted by atomic mass is 10.1. The minimum absolute atomic E-state index is 0.204. The maximum atomic E-state index is 3.63. The third-order valence-corrected chi connectivity index (χ3v) is 4.06. The molecule has 3 heteroatoms. The Hall–Kier alpha value is -0.900. The highest BCUT2D eigenvalue weighted by atomic mass is 15.2. The molecule has 1 aromatic rings. The summed E-state index contributed by atoms with van der Waals surface area (Å²) in [6.07, 6.45) is 2.68. The fourth-order valence-corrected chi connectivity index (χ4v) is 2.95. The van der Waals surface area contributed by atoms with Crippen molar-refractivity contribution in [1.29, 1.82) is 0 Å². The molecule has 1 heterocycles. The predicted octanol–water partition coefficient (Wildman–Crippen LogP) is 2.80. The SMILES string of the molecule is CC(C)(C)NCCNCC(c1ccccc1)N1CCCC1. The second-order valence-corrected chi connectivity index (χ2v) is 7.05. The summed E-state index contributed by atoms with van der Waals surface area (Å²) in [7, 11) is 0. The summed E-state index contributed by atoms with van der Waals surface area (Å²) in [5.41, 5.74) is 1.64. The molecule has 1 aromatic carbocycles. The molecule has 0 aromatic heterocycles. The molecule has 1 aliphatic heterocycles. The average Bonchev–Trinajstić information content (AvgIpc) is 2.96. The maximum absolute atomic E-state index is 3.63. The number of rotatable bonds is 7. The van der Waals surface area contributed by atoms with E-state index >= 15 is 0 Å². The summed E-state index contributed by atoms with van der Waals surface area (Å²) in [6.45, 7) is 12.2. The molecule has 1 atom stereocenters. The van der Waals surface area contributed by atoms with Gasteiger partial charge in [-0.2, -0.15) is 0 Å². The molecular weight excluding hydrogens is 258 g/mol. The molecule has 118 valence electrons. The van der Waals surface area contributed by atoms with E-state index in [2.05, 4.69) is 66.6 Å². The molecule has 0 amide bonds. The number of nitrogens with one attached hydrogen (secondary N) is 2. The highest BCUT2D eigenvalue weighted by molar-refractivity contribution is 5.19. The van der Waals surface area contributed by atoms with Crippen LogP contribution in [0.15, 0.2) is 30.3 Å². The molecule has 3 nitrogen and oxygen atoms in total. The normalized spacial score (nSPS) is 18.0. The number of benzene rings is 1. The van der Waals surface area contributed by atoms with Gasteiger partial charge in [0.2, 0.25) is 0 Å². The van der Waals surface area contributed by atoms with Gasteiger partial charge < -0.3 is 10.6 Å². The van der Waals surface area contributed by atoms with Crippen molar-refractivity contribution in [1.82, 2.24) is 15.5 Å². The smallest absolute Gasteiger partial charge is 0.0472 e. The molecule has 1 unspecified atom stereocenters. The van der Waals surface area contributed by atoms with E-state index in [1.165, 1.54) is 31.5 Å². The summed E-state index contributed by atoms with van der Waals surface area (Å²) >= 11 is 0. The second-order valence-electron chi connectivity index (χ2n) is 7.05. The number of hydrogen-bond acceptors (Lipinski definition) is 3. The van der Waals surface area contributed by atoms with Crippen LogP contribution >= 0.6 is 0 Å². The zero-order chi connectivity index (χ0) is 15.1. The number of likely N-dealkylation sites (tertiary alicyclic amines) is 1. The quantitative estimate of drug-likeness (QED) is 0.756. The zero-order valence-electron chi connectivity index (χ0n) is 13.9. The van der Waals surface area contributed by atoms with E-state index in [1.54, 1.807) is 0 Å². The van der Waals surface area contributed by atoms with E-state index in [0.717, 1.165) is 19.6 Å². The fraction of sp³-hybridized carbons (Fsp3) is 0.667. The summed E-state index contributed by atoms with van der Waals surface area (Å²) < 4.78 is 0. The van der Waals surface area contributed by atoms with Gasteiger partial charge in [0, 0.05) is 31.2 Å². The molecule has 0 radical (unpaired) electrons. The van der Waals surface area contributed by atoms with Gasteiger partial charge in [-0.3, -0.25) is 4.90 Å². The van der Waals surface area contributed by atoms with Gasteiger partial charge in [0.15, 0.2) is 0 Å². The van der Waals surface area contributed by atoms with Crippen LogP contribution in [0.4, 0.5) is 0 Å². The molecule has 0 bridgehead atoms. The van der Waals surface area contributed by atoms with Crippen molar-refractivity contribution >= 4 is 0 Å². The van der Waals surface area contributed by atoms with Crippen LogP contribution in [-0.4, -0.2) is 43.2 Å². The molecule has 1 aliphatic rings. The average molecular weight is 289 g/mol. The Morgan fingerprint density at radius 3 is 2.33 bits per heavy atom. The lowest BCUT2D eigenvalue weighted by molar-refractivity contribution is 0.238. The van der Waals surface area contributed by atoms with Crippen LogP contribution in [0.25, 0.3) is 0 Å². The van der Waals surface area contributed by atoms with Crippen molar-refractivity contribution in [3.05, 3.63) is 35.9 Å². The number of nitrogens with zero attached hydrogens (tertiary/aromatic N) is 1. The minimum atomic E-state index is 0.204. The first-order valence-corrected chi connectivity index (χ1v) is 8.31. The van der Waals surface area contributed by atoms with Crippen molar-refractivity contribution in [2.45, 2.75) is 45.2 Å². The van der Waals surface area contributed by atoms with Crippen LogP contribution in [-0.2, 0) is 0 Å². The summed E-state index contributed by atoms with van der Waals surface area (Å²) in [5.74, 6) is 0. The minimum Gasteiger partial charge on any atom is -0.314 e. The molecule has 0 aliphatic carbocycles. The highest BCUT2D eigenvalue weighted by Gasteiger charge is 2.22. The van der Waals surface area contributed by atoms with Crippen LogP contribution in [0.3, 0.4) is 0 Å². The van der Waals surface area contributed by atoms with Crippen LogP contribution in [0.1, 0.15) is 45.2 Å². The third kappa shape index (κ3) is 5.77. The zero-order valence-corrected chi connectivity index (χ0v) is 13.9. The maximum Gasteiger partial charge on any atom is 0.0472 e. The van der Waals surface area contributed by atoms with Gasteiger partial charge in [-0.1, -0.05) is 30.3 Å². The lowest BCUT2D eigenvalue weighted by Crippen LogP contribution is -2.42. The molecule has 1 saturated heterocycles. The topological polar surface area (TPSA) is 27.3 Å². The van der Waals surface area contributed by atoms with Crippen molar-refractivity contribution < 1.29 is 0 Å². The number of hydrogen-bond donors (Lipinski definition) is 2. The van der Waals surface area contributed by atoms with E-state index in [9.17, 15) is 0 Å². The van der Waals surface area contributed by atoms with Gasteiger partial charge in [0.05, 0.1) is 0 Å².